The molecule has 0 aliphatic heterocycles. The monoisotopic (exact) mass is 221 g/mol. The molecular formula is C5H4INO. The molecule has 3 heteroatoms. The minimum atomic E-state index is 0.766. The van der Waals surface area contributed by atoms with Gasteiger partial charge in [-0.05, 0) is 28.7 Å². The molecule has 1 aromatic rings. The molecule has 0 atom stereocenters. The zero-order valence-electron chi connectivity index (χ0n) is 4.04. The molecule has 2 nitrogen and oxygen atoms in total. The lowest BCUT2D eigenvalue weighted by molar-refractivity contribution is 0.547. The Morgan fingerprint density at radius 1 is 1.75 bits per heavy atom. The normalized spacial score (nSPS) is 9.12. The number of hydrogen-bond acceptors (Lipinski definition) is 1. The minimum absolute atomic E-state index is 0.766. The fourth-order valence-electron chi connectivity index (χ4n) is 0.451. The van der Waals surface area contributed by atoms with E-state index in [-0.39, 0.29) is 0 Å². The van der Waals surface area contributed by atoms with Crippen LogP contribution in [0.15, 0.2) is 18.5 Å². The Morgan fingerprint density at radius 3 is 2.75 bits per heavy atom. The summed E-state index contributed by atoms with van der Waals surface area (Å²) in [5.41, 5.74) is 0. The summed E-state index contributed by atoms with van der Waals surface area (Å²) in [6.45, 7) is 0. The summed E-state index contributed by atoms with van der Waals surface area (Å²) in [4.78, 5) is 9.98. The van der Waals surface area contributed by atoms with Crippen molar-refractivity contribution in [3.05, 3.63) is 22.0 Å². The molecule has 1 rings (SSSR count). The van der Waals surface area contributed by atoms with Crippen molar-refractivity contribution in [3.63, 3.8) is 0 Å². The van der Waals surface area contributed by atoms with E-state index < -0.39 is 0 Å². The first-order valence-electron chi connectivity index (χ1n) is 2.11. The van der Waals surface area contributed by atoms with Crippen LogP contribution >= 0.6 is 22.6 Å². The van der Waals surface area contributed by atoms with Gasteiger partial charge < -0.3 is 0 Å². The van der Waals surface area contributed by atoms with Gasteiger partial charge in [0.2, 0.25) is 6.41 Å². The number of rotatable bonds is 1. The second-order valence-corrected chi connectivity index (χ2v) is 2.63. The lowest BCUT2D eigenvalue weighted by Crippen LogP contribution is -1.86. The van der Waals surface area contributed by atoms with Crippen LogP contribution in [0.4, 0.5) is 0 Å². The van der Waals surface area contributed by atoms with E-state index >= 15 is 0 Å². The summed E-state index contributed by atoms with van der Waals surface area (Å²) in [6, 6.07) is 1.87. The number of carbonyl (C=O) groups excluding carboxylic acids is 1. The first-order chi connectivity index (χ1) is 3.83. The van der Waals surface area contributed by atoms with Gasteiger partial charge in [-0.2, -0.15) is 0 Å². The standard InChI is InChI=1S/C5H4INO/c6-5-1-2-7(3-5)4-8/h1-4H. The largest absolute Gasteiger partial charge is 0.296 e. The molecule has 0 aromatic carbocycles. The van der Waals surface area contributed by atoms with Crippen LogP contribution in [-0.4, -0.2) is 11.0 Å². The lowest BCUT2D eigenvalue weighted by Gasteiger charge is -1.79. The van der Waals surface area contributed by atoms with Crippen LogP contribution in [0.5, 0.6) is 0 Å². The molecule has 1 heterocycles. The molecule has 0 aliphatic rings. The maximum absolute atomic E-state index is 9.98. The van der Waals surface area contributed by atoms with Crippen molar-refractivity contribution in [2.24, 2.45) is 0 Å². The van der Waals surface area contributed by atoms with Gasteiger partial charge in [0, 0.05) is 16.0 Å². The molecule has 0 fully saturated rings. The van der Waals surface area contributed by atoms with E-state index in [1.807, 2.05) is 6.07 Å². The van der Waals surface area contributed by atoms with Crippen LogP contribution in [-0.2, 0) is 4.79 Å². The molecule has 0 spiro atoms. The summed E-state index contributed by atoms with van der Waals surface area (Å²) in [5.74, 6) is 0. The van der Waals surface area contributed by atoms with Crippen molar-refractivity contribution in [2.75, 3.05) is 0 Å². The van der Waals surface area contributed by atoms with Crippen LogP contribution in [0.3, 0.4) is 0 Å². The van der Waals surface area contributed by atoms with Gasteiger partial charge in [-0.3, -0.25) is 9.36 Å². The average Bonchev–Trinajstić information content (AvgIpc) is 2.14. The van der Waals surface area contributed by atoms with Gasteiger partial charge in [-0.15, -0.1) is 0 Å². The summed E-state index contributed by atoms with van der Waals surface area (Å²) >= 11 is 2.14. The van der Waals surface area contributed by atoms with Gasteiger partial charge in [-0.1, -0.05) is 0 Å². The van der Waals surface area contributed by atoms with E-state index in [0.717, 1.165) is 9.98 Å². The van der Waals surface area contributed by atoms with Gasteiger partial charge in [0.15, 0.2) is 0 Å². The summed E-state index contributed by atoms with van der Waals surface area (Å²) in [7, 11) is 0. The molecule has 42 valence electrons. The van der Waals surface area contributed by atoms with E-state index in [0.29, 0.717) is 0 Å². The number of hydrogen-bond donors (Lipinski definition) is 0. The maximum Gasteiger partial charge on any atom is 0.217 e. The highest BCUT2D eigenvalue weighted by Crippen LogP contribution is 2.01. The predicted molar refractivity (Wildman–Crippen MR) is 39.3 cm³/mol. The SMILES string of the molecule is O=Cn1ccc(I)c1. The van der Waals surface area contributed by atoms with Crippen molar-refractivity contribution in [1.82, 2.24) is 4.57 Å². The number of halogens is 1. The van der Waals surface area contributed by atoms with Gasteiger partial charge in [0.05, 0.1) is 0 Å². The highest BCUT2D eigenvalue weighted by atomic mass is 127. The van der Waals surface area contributed by atoms with E-state index in [1.54, 1.807) is 12.4 Å². The number of aromatic nitrogens is 1. The molecular weight excluding hydrogens is 217 g/mol. The van der Waals surface area contributed by atoms with E-state index in [4.69, 9.17) is 0 Å². The van der Waals surface area contributed by atoms with E-state index in [9.17, 15) is 4.79 Å². The molecule has 0 saturated carbocycles. The summed E-state index contributed by atoms with van der Waals surface area (Å²) in [5, 5.41) is 0. The predicted octanol–water partition coefficient (Wildman–Crippen LogP) is 1.13. The molecule has 0 bridgehead atoms. The minimum Gasteiger partial charge on any atom is -0.296 e. The van der Waals surface area contributed by atoms with Gasteiger partial charge in [0.25, 0.3) is 0 Å². The second kappa shape index (κ2) is 2.30. The van der Waals surface area contributed by atoms with Crippen molar-refractivity contribution in [3.8, 4) is 0 Å². The van der Waals surface area contributed by atoms with Crippen molar-refractivity contribution >= 4 is 29.0 Å². The Balaban J connectivity index is 3.00. The summed E-state index contributed by atoms with van der Waals surface area (Å²) in [6.07, 6.45) is 4.24. The second-order valence-electron chi connectivity index (χ2n) is 1.38. The molecule has 0 amide bonds. The Bertz CT molecular complexity index is 194. The highest BCUT2D eigenvalue weighted by Gasteiger charge is 1.86. The molecule has 0 radical (unpaired) electrons. The molecule has 8 heavy (non-hydrogen) atoms. The molecule has 0 aliphatic carbocycles. The van der Waals surface area contributed by atoms with Gasteiger partial charge in [0.1, 0.15) is 0 Å². The fourth-order valence-corrected chi connectivity index (χ4v) is 0.934. The Kier molecular flexibility index (Phi) is 1.67. The maximum atomic E-state index is 9.98. The zero-order chi connectivity index (χ0) is 5.98. The number of carbonyl (C=O) groups is 1. The van der Waals surface area contributed by atoms with Crippen LogP contribution in [0.25, 0.3) is 0 Å². The zero-order valence-corrected chi connectivity index (χ0v) is 6.20. The highest BCUT2D eigenvalue weighted by molar-refractivity contribution is 14.1. The Labute approximate surface area is 60.6 Å². The van der Waals surface area contributed by atoms with E-state index in [1.165, 1.54) is 4.57 Å². The molecule has 0 unspecified atom stereocenters. The third-order valence-electron chi connectivity index (χ3n) is 0.800. The van der Waals surface area contributed by atoms with Crippen LogP contribution < -0.4 is 0 Å². The van der Waals surface area contributed by atoms with Gasteiger partial charge in [-0.25, -0.2) is 0 Å². The Hall–Kier alpha value is -0.320. The first kappa shape index (κ1) is 5.81. The van der Waals surface area contributed by atoms with Crippen LogP contribution in [0.2, 0.25) is 0 Å². The Morgan fingerprint density at radius 2 is 2.50 bits per heavy atom. The molecule has 0 N–H and O–H groups in total. The van der Waals surface area contributed by atoms with Crippen molar-refractivity contribution in [1.29, 1.82) is 0 Å². The number of nitrogens with zero attached hydrogens (tertiary/aromatic N) is 1. The molecule has 1 aromatic heterocycles. The first-order valence-corrected chi connectivity index (χ1v) is 3.19. The van der Waals surface area contributed by atoms with Crippen LogP contribution in [0.1, 0.15) is 0 Å². The third kappa shape index (κ3) is 1.09. The smallest absolute Gasteiger partial charge is 0.217 e. The van der Waals surface area contributed by atoms with Gasteiger partial charge >= 0.3 is 0 Å². The van der Waals surface area contributed by atoms with Crippen molar-refractivity contribution < 1.29 is 4.79 Å². The fraction of sp³-hybridized carbons (Fsp3) is 0. The average molecular weight is 221 g/mol. The topological polar surface area (TPSA) is 22.0 Å². The van der Waals surface area contributed by atoms with Crippen LogP contribution in [0, 0.1) is 3.57 Å². The lowest BCUT2D eigenvalue weighted by atomic mass is 10.7. The quantitative estimate of drug-likeness (QED) is 0.514. The van der Waals surface area contributed by atoms with E-state index in [2.05, 4.69) is 22.6 Å². The summed E-state index contributed by atoms with van der Waals surface area (Å²) < 4.78 is 2.55. The third-order valence-corrected chi connectivity index (χ3v) is 1.44. The molecule has 0 saturated heterocycles. The van der Waals surface area contributed by atoms with Crippen molar-refractivity contribution in [2.45, 2.75) is 0 Å².